The second kappa shape index (κ2) is 6.44. The molecule has 0 aliphatic rings. The molecule has 0 fully saturated rings. The van der Waals surface area contributed by atoms with Crippen molar-refractivity contribution in [1.29, 1.82) is 0 Å². The zero-order chi connectivity index (χ0) is 12.0. The van der Waals surface area contributed by atoms with Gasteiger partial charge in [-0.3, -0.25) is 10.1 Å². The molecule has 1 N–H and O–H groups in total. The first-order chi connectivity index (χ1) is 7.65. The smallest absolute Gasteiger partial charge is 0.273 e. The molecule has 16 heavy (non-hydrogen) atoms. The highest BCUT2D eigenvalue weighted by Gasteiger charge is 2.09. The minimum atomic E-state index is -0.441. The van der Waals surface area contributed by atoms with Crippen LogP contribution < -0.4 is 10.1 Å². The van der Waals surface area contributed by atoms with E-state index in [1.54, 1.807) is 6.07 Å². The van der Waals surface area contributed by atoms with Gasteiger partial charge < -0.3 is 10.1 Å². The normalized spacial score (nSPS) is 10.1. The molecule has 0 aliphatic heterocycles. The molecular formula is C10H13BrN2O3. The van der Waals surface area contributed by atoms with Crippen LogP contribution in [-0.2, 0) is 0 Å². The first-order valence-electron chi connectivity index (χ1n) is 4.92. The van der Waals surface area contributed by atoms with Gasteiger partial charge in [-0.05, 0) is 28.5 Å². The lowest BCUT2D eigenvalue weighted by atomic mass is 10.3. The van der Waals surface area contributed by atoms with Gasteiger partial charge >= 0.3 is 0 Å². The number of benzene rings is 1. The van der Waals surface area contributed by atoms with Crippen molar-refractivity contribution in [3.63, 3.8) is 0 Å². The van der Waals surface area contributed by atoms with Crippen molar-refractivity contribution in [2.75, 3.05) is 19.7 Å². The Morgan fingerprint density at radius 1 is 1.56 bits per heavy atom. The maximum absolute atomic E-state index is 10.6. The van der Waals surface area contributed by atoms with Crippen molar-refractivity contribution in [2.45, 2.75) is 6.92 Å². The van der Waals surface area contributed by atoms with Crippen molar-refractivity contribution < 1.29 is 9.66 Å². The largest absolute Gasteiger partial charge is 0.491 e. The highest BCUT2D eigenvalue weighted by Crippen LogP contribution is 2.29. The number of halogens is 1. The van der Waals surface area contributed by atoms with E-state index in [0.29, 0.717) is 18.9 Å². The molecule has 1 aromatic carbocycles. The van der Waals surface area contributed by atoms with E-state index in [4.69, 9.17) is 4.74 Å². The molecular weight excluding hydrogens is 276 g/mol. The Bertz CT molecular complexity index is 371. The van der Waals surface area contributed by atoms with Gasteiger partial charge in [-0.1, -0.05) is 6.92 Å². The van der Waals surface area contributed by atoms with E-state index in [2.05, 4.69) is 21.2 Å². The maximum atomic E-state index is 10.6. The fraction of sp³-hybridized carbons (Fsp3) is 0.400. The fourth-order valence-electron chi connectivity index (χ4n) is 1.13. The summed E-state index contributed by atoms with van der Waals surface area (Å²) < 4.78 is 6.13. The minimum Gasteiger partial charge on any atom is -0.491 e. The van der Waals surface area contributed by atoms with Gasteiger partial charge in [-0.25, -0.2) is 0 Å². The molecule has 0 radical (unpaired) electrons. The maximum Gasteiger partial charge on any atom is 0.273 e. The molecule has 0 atom stereocenters. The summed E-state index contributed by atoms with van der Waals surface area (Å²) in [6, 6.07) is 4.46. The van der Waals surface area contributed by atoms with Gasteiger partial charge in [0.05, 0.1) is 15.5 Å². The molecule has 0 saturated heterocycles. The molecule has 0 aromatic heterocycles. The number of nitrogens with zero attached hydrogens (tertiary/aromatic N) is 1. The van der Waals surface area contributed by atoms with Crippen molar-refractivity contribution in [2.24, 2.45) is 0 Å². The third-order valence-electron chi connectivity index (χ3n) is 1.91. The van der Waals surface area contributed by atoms with Crippen molar-refractivity contribution in [3.8, 4) is 5.75 Å². The van der Waals surface area contributed by atoms with Crippen LogP contribution in [0.1, 0.15) is 6.92 Å². The average Bonchev–Trinajstić information content (AvgIpc) is 2.26. The number of non-ortho nitro benzene ring substituents is 1. The van der Waals surface area contributed by atoms with Crippen LogP contribution in [0, 0.1) is 10.1 Å². The molecule has 0 bridgehead atoms. The summed E-state index contributed by atoms with van der Waals surface area (Å²) in [4.78, 5) is 10.1. The van der Waals surface area contributed by atoms with Crippen LogP contribution in [0.5, 0.6) is 5.75 Å². The van der Waals surface area contributed by atoms with Crippen LogP contribution in [-0.4, -0.2) is 24.6 Å². The fourth-order valence-corrected chi connectivity index (χ4v) is 1.49. The lowest BCUT2D eigenvalue weighted by molar-refractivity contribution is -0.385. The van der Waals surface area contributed by atoms with Crippen LogP contribution in [0.4, 0.5) is 5.69 Å². The Balaban J connectivity index is 2.63. The Morgan fingerprint density at radius 3 is 2.94 bits per heavy atom. The standard InChI is InChI=1S/C10H13BrN2O3/c1-2-12-5-6-16-10-7-8(13(14)15)3-4-9(10)11/h3-4,7,12H,2,5-6H2,1H3. The monoisotopic (exact) mass is 288 g/mol. The van der Waals surface area contributed by atoms with Gasteiger partial charge in [0.25, 0.3) is 5.69 Å². The van der Waals surface area contributed by atoms with E-state index in [0.717, 1.165) is 11.0 Å². The van der Waals surface area contributed by atoms with E-state index in [1.165, 1.54) is 12.1 Å². The molecule has 0 aliphatic carbocycles. The topological polar surface area (TPSA) is 64.4 Å². The molecule has 0 unspecified atom stereocenters. The van der Waals surface area contributed by atoms with Crippen LogP contribution in [0.15, 0.2) is 22.7 Å². The van der Waals surface area contributed by atoms with Crippen molar-refractivity contribution in [3.05, 3.63) is 32.8 Å². The highest BCUT2D eigenvalue weighted by atomic mass is 79.9. The van der Waals surface area contributed by atoms with Crippen LogP contribution in [0.2, 0.25) is 0 Å². The van der Waals surface area contributed by atoms with Gasteiger partial charge in [0.2, 0.25) is 0 Å². The summed E-state index contributed by atoms with van der Waals surface area (Å²) in [5, 5.41) is 13.7. The summed E-state index contributed by atoms with van der Waals surface area (Å²) in [7, 11) is 0. The Morgan fingerprint density at radius 2 is 2.31 bits per heavy atom. The van der Waals surface area contributed by atoms with E-state index >= 15 is 0 Å². The number of rotatable bonds is 6. The van der Waals surface area contributed by atoms with Gasteiger partial charge in [-0.2, -0.15) is 0 Å². The first-order valence-corrected chi connectivity index (χ1v) is 5.72. The van der Waals surface area contributed by atoms with Gasteiger partial charge in [0.15, 0.2) is 0 Å². The average molecular weight is 289 g/mol. The van der Waals surface area contributed by atoms with Crippen LogP contribution in [0.3, 0.4) is 0 Å². The van der Waals surface area contributed by atoms with E-state index in [1.807, 2.05) is 6.92 Å². The zero-order valence-electron chi connectivity index (χ0n) is 8.90. The molecule has 0 amide bonds. The third-order valence-corrected chi connectivity index (χ3v) is 2.57. The number of nitro groups is 1. The summed E-state index contributed by atoms with van der Waals surface area (Å²) in [5.74, 6) is 0.493. The van der Waals surface area contributed by atoms with Crippen molar-refractivity contribution in [1.82, 2.24) is 5.32 Å². The lowest BCUT2D eigenvalue weighted by Gasteiger charge is -2.07. The highest BCUT2D eigenvalue weighted by molar-refractivity contribution is 9.10. The van der Waals surface area contributed by atoms with Gasteiger partial charge in [0, 0.05) is 12.6 Å². The quantitative estimate of drug-likeness (QED) is 0.496. The number of ether oxygens (including phenoxy) is 1. The lowest BCUT2D eigenvalue weighted by Crippen LogP contribution is -2.20. The summed E-state index contributed by atoms with van der Waals surface area (Å²) in [5.41, 5.74) is 0.0293. The number of likely N-dealkylation sites (N-methyl/N-ethyl adjacent to an activating group) is 1. The van der Waals surface area contributed by atoms with Gasteiger partial charge in [-0.15, -0.1) is 0 Å². The zero-order valence-corrected chi connectivity index (χ0v) is 10.5. The third kappa shape index (κ3) is 3.79. The molecule has 5 nitrogen and oxygen atoms in total. The second-order valence-electron chi connectivity index (χ2n) is 3.07. The summed E-state index contributed by atoms with van der Waals surface area (Å²) >= 11 is 3.28. The minimum absolute atomic E-state index is 0.0293. The number of nitrogens with one attached hydrogen (secondary N) is 1. The van der Waals surface area contributed by atoms with Crippen molar-refractivity contribution >= 4 is 21.6 Å². The van der Waals surface area contributed by atoms with E-state index < -0.39 is 4.92 Å². The first kappa shape index (κ1) is 12.9. The Kier molecular flexibility index (Phi) is 5.21. The second-order valence-corrected chi connectivity index (χ2v) is 3.93. The molecule has 1 rings (SSSR count). The molecule has 1 aromatic rings. The molecule has 6 heteroatoms. The summed E-state index contributed by atoms with van der Waals surface area (Å²) in [6.45, 7) is 4.07. The predicted molar refractivity (Wildman–Crippen MR) is 64.8 cm³/mol. The molecule has 88 valence electrons. The molecule has 0 saturated carbocycles. The number of hydrogen-bond donors (Lipinski definition) is 1. The SMILES string of the molecule is CCNCCOc1cc([N+](=O)[O-])ccc1Br. The Hall–Kier alpha value is -1.14. The van der Waals surface area contributed by atoms with Crippen LogP contribution in [0.25, 0.3) is 0 Å². The van der Waals surface area contributed by atoms with Gasteiger partial charge in [0.1, 0.15) is 12.4 Å². The summed E-state index contributed by atoms with van der Waals surface area (Å²) in [6.07, 6.45) is 0. The predicted octanol–water partition coefficient (Wildman–Crippen LogP) is 2.35. The van der Waals surface area contributed by atoms with Crippen LogP contribution >= 0.6 is 15.9 Å². The van der Waals surface area contributed by atoms with E-state index in [9.17, 15) is 10.1 Å². The van der Waals surface area contributed by atoms with E-state index in [-0.39, 0.29) is 5.69 Å². The number of hydrogen-bond acceptors (Lipinski definition) is 4. The Labute approximate surface area is 102 Å². The number of nitro benzene ring substituents is 1. The molecule has 0 heterocycles. The molecule has 0 spiro atoms.